The molecule has 3 rings (SSSR count). The highest BCUT2D eigenvalue weighted by molar-refractivity contribution is 5.48. The van der Waals surface area contributed by atoms with Crippen LogP contribution in [0.5, 0.6) is 0 Å². The van der Waals surface area contributed by atoms with Crippen LogP contribution in [0.15, 0.2) is 18.3 Å². The normalized spacial score (nSPS) is 23.9. The molecule has 1 saturated heterocycles. The summed E-state index contributed by atoms with van der Waals surface area (Å²) in [6.45, 7) is 0.716. The van der Waals surface area contributed by atoms with Crippen LogP contribution in [0.25, 0.3) is 0 Å². The van der Waals surface area contributed by atoms with E-state index in [1.165, 1.54) is 6.07 Å². The van der Waals surface area contributed by atoms with Gasteiger partial charge in [-0.3, -0.25) is 4.98 Å². The zero-order valence-electron chi connectivity index (χ0n) is 10.6. The fourth-order valence-electron chi connectivity index (χ4n) is 2.89. The van der Waals surface area contributed by atoms with E-state index in [0.29, 0.717) is 31.6 Å². The van der Waals surface area contributed by atoms with Crippen molar-refractivity contribution >= 4 is 5.69 Å². The third-order valence-electron chi connectivity index (χ3n) is 4.33. The highest BCUT2D eigenvalue weighted by Crippen LogP contribution is 2.65. The van der Waals surface area contributed by atoms with Crippen molar-refractivity contribution in [3.8, 4) is 0 Å². The maximum Gasteiger partial charge on any atom is 0.433 e. The molecule has 0 N–H and O–H groups in total. The molecule has 2 nitrogen and oxygen atoms in total. The Balaban J connectivity index is 1.73. The van der Waals surface area contributed by atoms with E-state index in [-0.39, 0.29) is 6.42 Å². The van der Waals surface area contributed by atoms with Gasteiger partial charge >= 0.3 is 6.18 Å². The average molecular weight is 292 g/mol. The highest BCUT2D eigenvalue weighted by atomic mass is 19.4. The van der Waals surface area contributed by atoms with Gasteiger partial charge in [-0.1, -0.05) is 0 Å². The van der Waals surface area contributed by atoms with Crippen molar-refractivity contribution < 1.29 is 22.0 Å². The highest BCUT2D eigenvalue weighted by Gasteiger charge is 2.70. The van der Waals surface area contributed by atoms with Crippen LogP contribution in [0.3, 0.4) is 0 Å². The SMILES string of the molecule is FC(F)(F)c1cc(N2CCC3(CC2)CC3(F)F)ccn1. The third kappa shape index (κ3) is 2.13. The van der Waals surface area contributed by atoms with Crippen molar-refractivity contribution in [3.05, 3.63) is 24.0 Å². The Hall–Kier alpha value is -1.40. The van der Waals surface area contributed by atoms with Gasteiger partial charge in [0.1, 0.15) is 5.69 Å². The monoisotopic (exact) mass is 292 g/mol. The molecule has 7 heteroatoms. The number of piperidine rings is 1. The Morgan fingerprint density at radius 2 is 1.75 bits per heavy atom. The van der Waals surface area contributed by atoms with Crippen LogP contribution in [-0.2, 0) is 6.18 Å². The van der Waals surface area contributed by atoms with Gasteiger partial charge in [0.25, 0.3) is 5.92 Å². The second-order valence-corrected chi connectivity index (χ2v) is 5.55. The maximum absolute atomic E-state index is 13.2. The summed E-state index contributed by atoms with van der Waals surface area (Å²) in [5, 5.41) is 0. The number of pyridine rings is 1. The number of rotatable bonds is 1. The molecular weight excluding hydrogens is 279 g/mol. The zero-order valence-corrected chi connectivity index (χ0v) is 10.6. The van der Waals surface area contributed by atoms with Crippen LogP contribution in [-0.4, -0.2) is 24.0 Å². The number of aromatic nitrogens is 1. The molecule has 0 radical (unpaired) electrons. The number of hydrogen-bond acceptors (Lipinski definition) is 2. The quantitative estimate of drug-likeness (QED) is 0.733. The van der Waals surface area contributed by atoms with E-state index < -0.39 is 23.2 Å². The lowest BCUT2D eigenvalue weighted by molar-refractivity contribution is -0.141. The largest absolute Gasteiger partial charge is 0.433 e. The fraction of sp³-hybridized carbons (Fsp3) is 0.615. The van der Waals surface area contributed by atoms with Crippen molar-refractivity contribution in [2.75, 3.05) is 18.0 Å². The first-order chi connectivity index (χ1) is 9.24. The van der Waals surface area contributed by atoms with Crippen LogP contribution in [0.4, 0.5) is 27.6 Å². The second kappa shape index (κ2) is 4.05. The Labute approximate surface area is 112 Å². The minimum atomic E-state index is -4.49. The van der Waals surface area contributed by atoms with E-state index in [1.54, 1.807) is 4.90 Å². The Bertz CT molecular complexity index is 518. The minimum absolute atomic E-state index is 0.0853. The molecule has 1 saturated carbocycles. The van der Waals surface area contributed by atoms with Gasteiger partial charge in [-0.2, -0.15) is 13.2 Å². The first-order valence-electron chi connectivity index (χ1n) is 6.40. The summed E-state index contributed by atoms with van der Waals surface area (Å²) in [6.07, 6.45) is -2.82. The molecule has 0 bridgehead atoms. The molecule has 0 aromatic carbocycles. The van der Waals surface area contributed by atoms with Crippen LogP contribution in [0.1, 0.15) is 25.0 Å². The standard InChI is InChI=1S/C13H13F5N2/c14-12(15)8-11(12)2-5-20(6-3-11)9-1-4-19-10(7-9)13(16,17)18/h1,4,7H,2-3,5-6,8H2. The molecule has 1 aliphatic heterocycles. The maximum atomic E-state index is 13.2. The van der Waals surface area contributed by atoms with Gasteiger partial charge in [-0.25, -0.2) is 8.78 Å². The summed E-state index contributed by atoms with van der Waals surface area (Å²) in [6, 6.07) is 2.46. The van der Waals surface area contributed by atoms with Crippen molar-refractivity contribution in [2.24, 2.45) is 5.41 Å². The molecule has 0 unspecified atom stereocenters. The van der Waals surface area contributed by atoms with Crippen molar-refractivity contribution in [2.45, 2.75) is 31.4 Å². The van der Waals surface area contributed by atoms with Gasteiger partial charge in [0.05, 0.1) is 0 Å². The van der Waals surface area contributed by atoms with Gasteiger partial charge in [0, 0.05) is 36.8 Å². The molecule has 20 heavy (non-hydrogen) atoms. The summed E-state index contributed by atoms with van der Waals surface area (Å²) in [5.41, 5.74) is -1.46. The molecule has 110 valence electrons. The Morgan fingerprint density at radius 3 is 2.25 bits per heavy atom. The predicted octanol–water partition coefficient (Wildman–Crippen LogP) is 3.73. The molecule has 1 spiro atoms. The van der Waals surface area contributed by atoms with Gasteiger partial charge in [0.15, 0.2) is 0 Å². The number of hydrogen-bond donors (Lipinski definition) is 0. The van der Waals surface area contributed by atoms with E-state index in [0.717, 1.165) is 12.3 Å². The molecule has 0 atom stereocenters. The molecule has 1 aromatic heterocycles. The van der Waals surface area contributed by atoms with Crippen LogP contribution in [0, 0.1) is 5.41 Å². The van der Waals surface area contributed by atoms with Gasteiger partial charge in [-0.15, -0.1) is 0 Å². The number of halogens is 5. The van der Waals surface area contributed by atoms with E-state index >= 15 is 0 Å². The van der Waals surface area contributed by atoms with E-state index in [4.69, 9.17) is 0 Å². The molecule has 2 heterocycles. The van der Waals surface area contributed by atoms with Crippen LogP contribution >= 0.6 is 0 Å². The fourth-order valence-corrected chi connectivity index (χ4v) is 2.89. The van der Waals surface area contributed by atoms with Crippen molar-refractivity contribution in [3.63, 3.8) is 0 Å². The van der Waals surface area contributed by atoms with E-state index in [1.807, 2.05) is 0 Å². The lowest BCUT2D eigenvalue weighted by Gasteiger charge is -2.34. The number of anilines is 1. The lowest BCUT2D eigenvalue weighted by Crippen LogP contribution is -2.36. The summed E-state index contributed by atoms with van der Waals surface area (Å²) in [7, 11) is 0. The second-order valence-electron chi connectivity index (χ2n) is 5.55. The molecule has 2 fully saturated rings. The minimum Gasteiger partial charge on any atom is -0.371 e. The summed E-state index contributed by atoms with van der Waals surface area (Å²) < 4.78 is 64.3. The zero-order chi connectivity index (χ0) is 14.6. The van der Waals surface area contributed by atoms with Crippen molar-refractivity contribution in [1.82, 2.24) is 4.98 Å². The van der Waals surface area contributed by atoms with Gasteiger partial charge in [0.2, 0.25) is 0 Å². The molecular formula is C13H13F5N2. The van der Waals surface area contributed by atoms with Gasteiger partial charge in [-0.05, 0) is 25.0 Å². The van der Waals surface area contributed by atoms with E-state index in [9.17, 15) is 22.0 Å². The van der Waals surface area contributed by atoms with Gasteiger partial charge < -0.3 is 4.90 Å². The summed E-state index contributed by atoms with van der Waals surface area (Å²) in [4.78, 5) is 5.02. The average Bonchev–Trinajstić information content (AvgIpc) is 2.90. The lowest BCUT2D eigenvalue weighted by atomic mass is 9.92. The summed E-state index contributed by atoms with van der Waals surface area (Å²) in [5.74, 6) is -2.59. The smallest absolute Gasteiger partial charge is 0.371 e. The predicted molar refractivity (Wildman–Crippen MR) is 62.7 cm³/mol. The Kier molecular flexibility index (Phi) is 2.75. The van der Waals surface area contributed by atoms with Crippen molar-refractivity contribution in [1.29, 1.82) is 0 Å². The van der Waals surface area contributed by atoms with Crippen LogP contribution < -0.4 is 4.90 Å². The first kappa shape index (κ1) is 13.6. The topological polar surface area (TPSA) is 16.1 Å². The summed E-state index contributed by atoms with van der Waals surface area (Å²) >= 11 is 0. The van der Waals surface area contributed by atoms with Crippen LogP contribution in [0.2, 0.25) is 0 Å². The first-order valence-corrected chi connectivity index (χ1v) is 6.40. The Morgan fingerprint density at radius 1 is 1.15 bits per heavy atom. The molecule has 2 aliphatic rings. The van der Waals surface area contributed by atoms with E-state index in [2.05, 4.69) is 4.98 Å². The molecule has 1 aliphatic carbocycles. The molecule has 0 amide bonds. The molecule has 1 aromatic rings. The number of nitrogens with zero attached hydrogens (tertiary/aromatic N) is 2. The third-order valence-corrected chi connectivity index (χ3v) is 4.33. The number of alkyl halides is 5.